The zero-order valence-electron chi connectivity index (χ0n) is 11.9. The molecule has 2 unspecified atom stereocenters. The molecule has 3 nitrogen and oxygen atoms in total. The molecule has 0 aliphatic rings. The van der Waals surface area contributed by atoms with Gasteiger partial charge in [-0.15, -0.1) is 0 Å². The van der Waals surface area contributed by atoms with E-state index in [1.807, 2.05) is 30.3 Å². The van der Waals surface area contributed by atoms with Crippen LogP contribution in [0.2, 0.25) is 0 Å². The predicted octanol–water partition coefficient (Wildman–Crippen LogP) is 3.16. The molecule has 0 saturated carbocycles. The minimum Gasteiger partial charge on any atom is -0.480 e. The van der Waals surface area contributed by atoms with Crippen molar-refractivity contribution in [2.24, 2.45) is 0 Å². The zero-order valence-corrected chi connectivity index (χ0v) is 12.8. The van der Waals surface area contributed by atoms with Crippen molar-refractivity contribution in [1.82, 2.24) is 0 Å². The van der Waals surface area contributed by atoms with Crippen LogP contribution in [0.4, 0.5) is 4.39 Å². The summed E-state index contributed by atoms with van der Waals surface area (Å²) in [6.45, 7) is 0. The highest BCUT2D eigenvalue weighted by atomic mass is 32.2. The molecule has 0 saturated heterocycles. The maximum absolute atomic E-state index is 12.8. The Morgan fingerprint density at radius 3 is 2.27 bits per heavy atom. The smallest absolute Gasteiger partial charge is 0.319 e. The fraction of sp³-hybridized carbons (Fsp3) is 0.235. The van der Waals surface area contributed by atoms with Gasteiger partial charge in [-0.2, -0.15) is 0 Å². The molecule has 0 spiro atoms. The van der Waals surface area contributed by atoms with Crippen LogP contribution in [0.25, 0.3) is 0 Å². The molecule has 0 fully saturated rings. The van der Waals surface area contributed by atoms with Gasteiger partial charge in [-0.05, 0) is 36.1 Å². The molecule has 0 radical (unpaired) electrons. The van der Waals surface area contributed by atoms with Crippen LogP contribution in [-0.4, -0.2) is 20.5 Å². The molecule has 5 heteroatoms. The fourth-order valence-electron chi connectivity index (χ4n) is 2.16. The average Bonchev–Trinajstić information content (AvgIpc) is 2.50. The molecule has 0 amide bonds. The Balaban J connectivity index is 1.99. The predicted molar refractivity (Wildman–Crippen MR) is 84.4 cm³/mol. The van der Waals surface area contributed by atoms with Crippen LogP contribution in [0.5, 0.6) is 0 Å². The number of carboxylic acids is 1. The Hall–Kier alpha value is -2.01. The van der Waals surface area contributed by atoms with E-state index in [0.29, 0.717) is 18.4 Å². The van der Waals surface area contributed by atoms with Crippen LogP contribution < -0.4 is 0 Å². The normalized spacial score (nSPS) is 13.5. The van der Waals surface area contributed by atoms with Crippen molar-refractivity contribution in [3.05, 3.63) is 71.5 Å². The van der Waals surface area contributed by atoms with E-state index < -0.39 is 22.0 Å². The third-order valence-corrected chi connectivity index (χ3v) is 5.04. The zero-order chi connectivity index (χ0) is 15.9. The minimum atomic E-state index is -1.54. The molecule has 116 valence electrons. The van der Waals surface area contributed by atoms with Crippen molar-refractivity contribution in [1.29, 1.82) is 0 Å². The number of rotatable bonds is 7. The number of benzene rings is 2. The number of halogens is 1. The second-order valence-corrected chi connectivity index (χ2v) is 6.62. The minimum absolute atomic E-state index is 0.117. The topological polar surface area (TPSA) is 54.4 Å². The largest absolute Gasteiger partial charge is 0.480 e. The average molecular weight is 320 g/mol. The van der Waals surface area contributed by atoms with Crippen LogP contribution in [0.15, 0.2) is 54.6 Å². The number of aliphatic carboxylic acids is 1. The third kappa shape index (κ3) is 4.77. The van der Waals surface area contributed by atoms with E-state index in [9.17, 15) is 18.5 Å². The second kappa shape index (κ2) is 7.84. The molecular weight excluding hydrogens is 303 g/mol. The van der Waals surface area contributed by atoms with E-state index in [2.05, 4.69) is 0 Å². The lowest BCUT2D eigenvalue weighted by Crippen LogP contribution is -2.27. The molecule has 1 N–H and O–H groups in total. The fourth-order valence-corrected chi connectivity index (χ4v) is 3.48. The monoisotopic (exact) mass is 320 g/mol. The van der Waals surface area contributed by atoms with Crippen molar-refractivity contribution >= 4 is 16.8 Å². The molecule has 0 aliphatic heterocycles. The van der Waals surface area contributed by atoms with E-state index in [4.69, 9.17) is 0 Å². The lowest BCUT2D eigenvalue weighted by atomic mass is 10.1. The molecule has 0 aliphatic carbocycles. The number of carboxylic acid groups (broad SMARTS) is 1. The summed E-state index contributed by atoms with van der Waals surface area (Å²) in [6, 6.07) is 15.1. The summed E-state index contributed by atoms with van der Waals surface area (Å²) in [5.74, 6) is -1.31. The van der Waals surface area contributed by atoms with Gasteiger partial charge >= 0.3 is 5.97 Å². The highest BCUT2D eigenvalue weighted by molar-refractivity contribution is 7.85. The maximum atomic E-state index is 12.8. The van der Waals surface area contributed by atoms with Crippen LogP contribution in [0.3, 0.4) is 0 Å². The second-order valence-electron chi connectivity index (χ2n) is 5.00. The van der Waals surface area contributed by atoms with Crippen LogP contribution in [0, 0.1) is 5.82 Å². The Labute approximate surface area is 131 Å². The van der Waals surface area contributed by atoms with E-state index in [1.165, 1.54) is 24.3 Å². The van der Waals surface area contributed by atoms with Gasteiger partial charge in [0.25, 0.3) is 0 Å². The Morgan fingerprint density at radius 1 is 1.05 bits per heavy atom. The summed E-state index contributed by atoms with van der Waals surface area (Å²) in [5, 5.41) is 8.37. The van der Waals surface area contributed by atoms with Crippen molar-refractivity contribution in [2.45, 2.75) is 23.8 Å². The van der Waals surface area contributed by atoms with Gasteiger partial charge in [-0.1, -0.05) is 42.5 Å². The van der Waals surface area contributed by atoms with E-state index >= 15 is 0 Å². The van der Waals surface area contributed by atoms with Crippen LogP contribution >= 0.6 is 0 Å². The summed E-state index contributed by atoms with van der Waals surface area (Å²) >= 11 is 0. The molecular formula is C17H17FO3S. The third-order valence-electron chi connectivity index (χ3n) is 3.35. The number of hydrogen-bond donors (Lipinski definition) is 1. The first-order valence-corrected chi connectivity index (χ1v) is 8.33. The van der Waals surface area contributed by atoms with Crippen molar-refractivity contribution in [3.63, 3.8) is 0 Å². The quantitative estimate of drug-likeness (QED) is 0.852. The number of hydrogen-bond acceptors (Lipinski definition) is 2. The number of carbonyl (C=O) groups is 1. The molecule has 0 bridgehead atoms. The van der Waals surface area contributed by atoms with Gasteiger partial charge in [0.2, 0.25) is 0 Å². The van der Waals surface area contributed by atoms with Crippen molar-refractivity contribution in [3.8, 4) is 0 Å². The van der Waals surface area contributed by atoms with Gasteiger partial charge in [0.15, 0.2) is 0 Å². The lowest BCUT2D eigenvalue weighted by molar-refractivity contribution is -0.136. The molecule has 0 heterocycles. The van der Waals surface area contributed by atoms with Gasteiger partial charge in [0.1, 0.15) is 11.1 Å². The Bertz CT molecular complexity index is 641. The standard InChI is InChI=1S/C17H17FO3S/c18-15-9-6-14(7-10-15)12-22(21)16(17(19)20)11-8-13-4-2-1-3-5-13/h1-7,9-10,16H,8,11-12H2,(H,19,20). The Morgan fingerprint density at radius 2 is 1.68 bits per heavy atom. The van der Waals surface area contributed by atoms with Gasteiger partial charge in [-0.3, -0.25) is 9.00 Å². The van der Waals surface area contributed by atoms with Gasteiger partial charge < -0.3 is 5.11 Å². The molecule has 2 aromatic rings. The van der Waals surface area contributed by atoms with Crippen LogP contribution in [0.1, 0.15) is 17.5 Å². The molecule has 22 heavy (non-hydrogen) atoms. The summed E-state index contributed by atoms with van der Waals surface area (Å²) < 4.78 is 25.1. The summed E-state index contributed by atoms with van der Waals surface area (Å²) in [5.41, 5.74) is 1.69. The Kier molecular flexibility index (Phi) is 5.83. The maximum Gasteiger partial charge on any atom is 0.319 e. The summed E-state index contributed by atoms with van der Waals surface area (Å²) in [4.78, 5) is 11.4. The first kappa shape index (κ1) is 16.4. The summed E-state index contributed by atoms with van der Waals surface area (Å²) in [6.07, 6.45) is 0.875. The molecule has 2 rings (SSSR count). The molecule has 2 aromatic carbocycles. The summed E-state index contributed by atoms with van der Waals surface area (Å²) in [7, 11) is -1.54. The first-order valence-electron chi connectivity index (χ1n) is 6.94. The van der Waals surface area contributed by atoms with E-state index in [1.54, 1.807) is 0 Å². The SMILES string of the molecule is O=C(O)C(CCc1ccccc1)S(=O)Cc1ccc(F)cc1. The van der Waals surface area contributed by atoms with Gasteiger partial charge in [0.05, 0.1) is 0 Å². The lowest BCUT2D eigenvalue weighted by Gasteiger charge is -2.12. The van der Waals surface area contributed by atoms with Crippen LogP contribution in [-0.2, 0) is 27.8 Å². The highest BCUT2D eigenvalue weighted by Gasteiger charge is 2.24. The first-order chi connectivity index (χ1) is 10.6. The highest BCUT2D eigenvalue weighted by Crippen LogP contribution is 2.14. The van der Waals surface area contributed by atoms with E-state index in [0.717, 1.165) is 5.56 Å². The van der Waals surface area contributed by atoms with E-state index in [-0.39, 0.29) is 11.6 Å². The van der Waals surface area contributed by atoms with Crippen molar-refractivity contribution < 1.29 is 18.5 Å². The molecule has 0 aromatic heterocycles. The van der Waals surface area contributed by atoms with Gasteiger partial charge in [-0.25, -0.2) is 4.39 Å². The van der Waals surface area contributed by atoms with Gasteiger partial charge in [0, 0.05) is 16.6 Å². The molecule has 2 atom stereocenters. The van der Waals surface area contributed by atoms with Crippen molar-refractivity contribution in [2.75, 3.05) is 0 Å². The number of aryl methyl sites for hydroxylation is 1.